The monoisotopic (exact) mass is 235 g/mol. The van der Waals surface area contributed by atoms with Crippen molar-refractivity contribution in [3.8, 4) is 0 Å². The molecule has 92 valence electrons. The Bertz CT molecular complexity index is 420. The summed E-state index contributed by atoms with van der Waals surface area (Å²) < 4.78 is 0. The molecule has 0 aliphatic carbocycles. The van der Waals surface area contributed by atoms with E-state index in [-0.39, 0.29) is 18.9 Å². The van der Waals surface area contributed by atoms with Gasteiger partial charge in [0.1, 0.15) is 0 Å². The SMILES string of the molecule is Cc1cccc(C)c1C(=O)N(C)CCC(=O)O. The van der Waals surface area contributed by atoms with Gasteiger partial charge in [0.15, 0.2) is 0 Å². The van der Waals surface area contributed by atoms with Gasteiger partial charge in [-0.05, 0) is 25.0 Å². The van der Waals surface area contributed by atoms with Gasteiger partial charge in [-0.25, -0.2) is 0 Å². The van der Waals surface area contributed by atoms with Crippen molar-refractivity contribution in [3.05, 3.63) is 34.9 Å². The summed E-state index contributed by atoms with van der Waals surface area (Å²) in [6.07, 6.45) is -0.0346. The molecule has 0 fully saturated rings. The lowest BCUT2D eigenvalue weighted by Crippen LogP contribution is -2.30. The number of carbonyl (C=O) groups excluding carboxylic acids is 1. The van der Waals surface area contributed by atoms with Crippen LogP contribution in [0.15, 0.2) is 18.2 Å². The van der Waals surface area contributed by atoms with Crippen LogP contribution in [0.3, 0.4) is 0 Å². The highest BCUT2D eigenvalue weighted by atomic mass is 16.4. The molecule has 0 aliphatic rings. The van der Waals surface area contributed by atoms with E-state index in [0.29, 0.717) is 5.56 Å². The van der Waals surface area contributed by atoms with Gasteiger partial charge < -0.3 is 10.0 Å². The quantitative estimate of drug-likeness (QED) is 0.866. The first-order valence-electron chi connectivity index (χ1n) is 5.47. The number of carbonyl (C=O) groups is 2. The fraction of sp³-hybridized carbons (Fsp3) is 0.385. The van der Waals surface area contributed by atoms with E-state index in [1.807, 2.05) is 32.0 Å². The largest absolute Gasteiger partial charge is 0.481 e. The first kappa shape index (κ1) is 13.2. The van der Waals surface area contributed by atoms with Crippen molar-refractivity contribution in [2.45, 2.75) is 20.3 Å². The molecule has 0 aliphatic heterocycles. The van der Waals surface area contributed by atoms with Crippen LogP contribution in [-0.2, 0) is 4.79 Å². The summed E-state index contributed by atoms with van der Waals surface area (Å²) in [4.78, 5) is 24.0. The van der Waals surface area contributed by atoms with Gasteiger partial charge in [0.05, 0.1) is 6.42 Å². The molecule has 0 unspecified atom stereocenters. The summed E-state index contributed by atoms with van der Waals surface area (Å²) >= 11 is 0. The summed E-state index contributed by atoms with van der Waals surface area (Å²) in [5, 5.41) is 8.59. The van der Waals surface area contributed by atoms with Crippen molar-refractivity contribution in [2.24, 2.45) is 0 Å². The number of benzene rings is 1. The van der Waals surface area contributed by atoms with Crippen LogP contribution in [0.4, 0.5) is 0 Å². The van der Waals surface area contributed by atoms with Gasteiger partial charge in [0.25, 0.3) is 5.91 Å². The summed E-state index contributed by atoms with van der Waals surface area (Å²) in [5.41, 5.74) is 2.50. The Morgan fingerprint density at radius 2 is 1.76 bits per heavy atom. The zero-order valence-electron chi connectivity index (χ0n) is 10.4. The molecular formula is C13H17NO3. The standard InChI is InChI=1S/C13H17NO3/c1-9-5-4-6-10(2)12(9)13(17)14(3)8-7-11(15)16/h4-6H,7-8H2,1-3H3,(H,15,16). The lowest BCUT2D eigenvalue weighted by atomic mass is 10.0. The summed E-state index contributed by atoms with van der Waals surface area (Å²) in [6.45, 7) is 3.98. The fourth-order valence-corrected chi connectivity index (χ4v) is 1.71. The van der Waals surface area contributed by atoms with Crippen LogP contribution in [0.25, 0.3) is 0 Å². The smallest absolute Gasteiger partial charge is 0.305 e. The molecule has 0 atom stereocenters. The Morgan fingerprint density at radius 1 is 1.24 bits per heavy atom. The Kier molecular flexibility index (Phi) is 4.26. The van der Waals surface area contributed by atoms with Crippen molar-refractivity contribution in [3.63, 3.8) is 0 Å². The van der Waals surface area contributed by atoms with E-state index in [0.717, 1.165) is 11.1 Å². The van der Waals surface area contributed by atoms with Crippen molar-refractivity contribution in [2.75, 3.05) is 13.6 Å². The lowest BCUT2D eigenvalue weighted by molar-refractivity contribution is -0.137. The highest BCUT2D eigenvalue weighted by Crippen LogP contribution is 2.15. The molecule has 0 saturated carbocycles. The summed E-state index contributed by atoms with van der Waals surface area (Å²) in [5.74, 6) is -1.02. The Labute approximate surface area is 101 Å². The number of aliphatic carboxylic acids is 1. The predicted octanol–water partition coefficient (Wildman–Crippen LogP) is 1.85. The van der Waals surface area contributed by atoms with Crippen molar-refractivity contribution < 1.29 is 14.7 Å². The van der Waals surface area contributed by atoms with E-state index in [4.69, 9.17) is 5.11 Å². The number of carboxylic acids is 1. The van der Waals surface area contributed by atoms with Crippen LogP contribution in [0.1, 0.15) is 27.9 Å². The zero-order valence-corrected chi connectivity index (χ0v) is 10.4. The van der Waals surface area contributed by atoms with Crippen molar-refractivity contribution in [1.82, 2.24) is 4.90 Å². The number of hydrogen-bond donors (Lipinski definition) is 1. The predicted molar refractivity (Wildman–Crippen MR) is 65.1 cm³/mol. The minimum atomic E-state index is -0.897. The van der Waals surface area contributed by atoms with Crippen LogP contribution in [-0.4, -0.2) is 35.5 Å². The molecule has 0 radical (unpaired) electrons. The first-order chi connectivity index (χ1) is 7.93. The average Bonchev–Trinajstić information content (AvgIpc) is 2.25. The third-order valence-electron chi connectivity index (χ3n) is 2.70. The third kappa shape index (κ3) is 3.31. The van der Waals surface area contributed by atoms with E-state index >= 15 is 0 Å². The molecule has 0 heterocycles. The van der Waals surface area contributed by atoms with E-state index < -0.39 is 5.97 Å². The van der Waals surface area contributed by atoms with Gasteiger partial charge in [-0.15, -0.1) is 0 Å². The van der Waals surface area contributed by atoms with Crippen LogP contribution in [0.5, 0.6) is 0 Å². The van der Waals surface area contributed by atoms with Crippen LogP contribution >= 0.6 is 0 Å². The van der Waals surface area contributed by atoms with Gasteiger partial charge in [-0.1, -0.05) is 18.2 Å². The second-order valence-corrected chi connectivity index (χ2v) is 4.14. The Balaban J connectivity index is 2.85. The highest BCUT2D eigenvalue weighted by Gasteiger charge is 2.16. The number of hydrogen-bond acceptors (Lipinski definition) is 2. The van der Waals surface area contributed by atoms with Gasteiger partial charge >= 0.3 is 5.97 Å². The minimum absolute atomic E-state index is 0.0346. The molecule has 1 rings (SSSR count). The van der Waals surface area contributed by atoms with E-state index in [1.54, 1.807) is 7.05 Å². The second-order valence-electron chi connectivity index (χ2n) is 4.14. The molecular weight excluding hydrogens is 218 g/mol. The molecule has 1 aromatic rings. The molecule has 1 N–H and O–H groups in total. The van der Waals surface area contributed by atoms with Gasteiger partial charge in [-0.2, -0.15) is 0 Å². The number of rotatable bonds is 4. The maximum Gasteiger partial charge on any atom is 0.305 e. The van der Waals surface area contributed by atoms with Gasteiger partial charge in [0, 0.05) is 19.2 Å². The number of carboxylic acid groups (broad SMARTS) is 1. The van der Waals surface area contributed by atoms with Crippen LogP contribution < -0.4 is 0 Å². The molecule has 4 heteroatoms. The molecule has 1 amide bonds. The highest BCUT2D eigenvalue weighted by molar-refractivity contribution is 5.97. The minimum Gasteiger partial charge on any atom is -0.481 e. The van der Waals surface area contributed by atoms with E-state index in [2.05, 4.69) is 0 Å². The van der Waals surface area contributed by atoms with Crippen molar-refractivity contribution in [1.29, 1.82) is 0 Å². The molecule has 1 aromatic carbocycles. The molecule has 0 aromatic heterocycles. The third-order valence-corrected chi connectivity index (χ3v) is 2.70. The molecule has 0 saturated heterocycles. The van der Waals surface area contributed by atoms with Crippen LogP contribution in [0, 0.1) is 13.8 Å². The Hall–Kier alpha value is -1.84. The Morgan fingerprint density at radius 3 is 2.24 bits per heavy atom. The maximum atomic E-state index is 12.1. The average molecular weight is 235 g/mol. The fourth-order valence-electron chi connectivity index (χ4n) is 1.71. The normalized spacial score (nSPS) is 10.1. The molecule has 0 bridgehead atoms. The van der Waals surface area contributed by atoms with Gasteiger partial charge in [-0.3, -0.25) is 9.59 Å². The zero-order chi connectivity index (χ0) is 13.0. The first-order valence-corrected chi connectivity index (χ1v) is 5.47. The van der Waals surface area contributed by atoms with Crippen molar-refractivity contribution >= 4 is 11.9 Å². The second kappa shape index (κ2) is 5.48. The van der Waals surface area contributed by atoms with Gasteiger partial charge in [0.2, 0.25) is 0 Å². The molecule has 0 spiro atoms. The summed E-state index contributed by atoms with van der Waals surface area (Å²) in [6, 6.07) is 5.66. The molecule has 17 heavy (non-hydrogen) atoms. The van der Waals surface area contributed by atoms with E-state index in [9.17, 15) is 9.59 Å². The van der Waals surface area contributed by atoms with Crippen LogP contribution in [0.2, 0.25) is 0 Å². The number of aryl methyl sites for hydroxylation is 2. The number of nitrogens with zero attached hydrogens (tertiary/aromatic N) is 1. The lowest BCUT2D eigenvalue weighted by Gasteiger charge is -2.18. The van der Waals surface area contributed by atoms with E-state index in [1.165, 1.54) is 4.90 Å². The topological polar surface area (TPSA) is 57.6 Å². The molecule has 4 nitrogen and oxygen atoms in total. The number of amides is 1. The summed E-state index contributed by atoms with van der Waals surface area (Å²) in [7, 11) is 1.62. The maximum absolute atomic E-state index is 12.1.